The molecule has 0 unspecified atom stereocenters. The summed E-state index contributed by atoms with van der Waals surface area (Å²) in [6.45, 7) is 4.76. The summed E-state index contributed by atoms with van der Waals surface area (Å²) in [7, 11) is 1.96. The molecule has 0 spiro atoms. The van der Waals surface area contributed by atoms with Crippen molar-refractivity contribution in [3.05, 3.63) is 17.0 Å². The summed E-state index contributed by atoms with van der Waals surface area (Å²) in [6.07, 6.45) is 6.83. The third kappa shape index (κ3) is 4.32. The standard InChI is InChI=1S/C17H29N3O2/c1-13-15(14(2)20(3)19-13)8-7-11-18-16(21)12-17(22)9-5-4-6-10-17/h22H,4-12H2,1-3H3,(H,18,21). The van der Waals surface area contributed by atoms with Crippen LogP contribution in [-0.2, 0) is 18.3 Å². The number of amides is 1. The third-order valence-corrected chi connectivity index (χ3v) is 4.86. The highest BCUT2D eigenvalue weighted by molar-refractivity contribution is 5.77. The highest BCUT2D eigenvalue weighted by Crippen LogP contribution is 2.30. The fraction of sp³-hybridized carbons (Fsp3) is 0.765. The van der Waals surface area contributed by atoms with Crippen molar-refractivity contribution in [2.45, 2.75) is 70.8 Å². The van der Waals surface area contributed by atoms with Gasteiger partial charge in [0.25, 0.3) is 0 Å². The van der Waals surface area contributed by atoms with Gasteiger partial charge in [-0.2, -0.15) is 5.10 Å². The summed E-state index contributed by atoms with van der Waals surface area (Å²) < 4.78 is 1.90. The molecule has 0 radical (unpaired) electrons. The molecular formula is C17H29N3O2. The molecule has 2 rings (SSSR count). The topological polar surface area (TPSA) is 67.2 Å². The molecule has 1 saturated carbocycles. The summed E-state index contributed by atoms with van der Waals surface area (Å²) in [5.41, 5.74) is 2.78. The Balaban J connectivity index is 1.71. The van der Waals surface area contributed by atoms with Crippen LogP contribution in [0.3, 0.4) is 0 Å². The van der Waals surface area contributed by atoms with Crippen LogP contribution in [0.1, 0.15) is 61.9 Å². The number of aryl methyl sites for hydroxylation is 2. The van der Waals surface area contributed by atoms with E-state index in [2.05, 4.69) is 17.3 Å². The Hall–Kier alpha value is -1.36. The lowest BCUT2D eigenvalue weighted by Crippen LogP contribution is -2.38. The Morgan fingerprint density at radius 2 is 2.00 bits per heavy atom. The second kappa shape index (κ2) is 7.27. The molecule has 0 atom stereocenters. The summed E-state index contributed by atoms with van der Waals surface area (Å²) in [4.78, 5) is 12.0. The van der Waals surface area contributed by atoms with Gasteiger partial charge in [0.1, 0.15) is 0 Å². The van der Waals surface area contributed by atoms with Gasteiger partial charge < -0.3 is 10.4 Å². The molecule has 0 aliphatic heterocycles. The van der Waals surface area contributed by atoms with Crippen LogP contribution in [0, 0.1) is 13.8 Å². The maximum atomic E-state index is 12.0. The van der Waals surface area contributed by atoms with E-state index >= 15 is 0 Å². The van der Waals surface area contributed by atoms with E-state index in [-0.39, 0.29) is 12.3 Å². The zero-order chi connectivity index (χ0) is 16.2. The highest BCUT2D eigenvalue weighted by Gasteiger charge is 2.31. The van der Waals surface area contributed by atoms with Crippen molar-refractivity contribution >= 4 is 5.91 Å². The summed E-state index contributed by atoms with van der Waals surface area (Å²) in [5, 5.41) is 17.7. The van der Waals surface area contributed by atoms with Gasteiger partial charge in [0.2, 0.25) is 5.91 Å². The average molecular weight is 307 g/mol. The predicted molar refractivity (Wildman–Crippen MR) is 86.7 cm³/mol. The molecule has 5 nitrogen and oxygen atoms in total. The Bertz CT molecular complexity index is 516. The fourth-order valence-corrected chi connectivity index (χ4v) is 3.42. The number of carbonyl (C=O) groups excluding carboxylic acids is 1. The minimum absolute atomic E-state index is 0.0240. The minimum Gasteiger partial charge on any atom is -0.389 e. The van der Waals surface area contributed by atoms with E-state index in [1.54, 1.807) is 0 Å². The van der Waals surface area contributed by atoms with Crippen LogP contribution in [0.25, 0.3) is 0 Å². The second-order valence-electron chi connectivity index (χ2n) is 6.69. The highest BCUT2D eigenvalue weighted by atomic mass is 16.3. The Morgan fingerprint density at radius 1 is 1.32 bits per heavy atom. The van der Waals surface area contributed by atoms with Gasteiger partial charge in [-0.05, 0) is 45.1 Å². The van der Waals surface area contributed by atoms with Crippen molar-refractivity contribution in [1.82, 2.24) is 15.1 Å². The molecule has 1 aromatic heterocycles. The van der Waals surface area contributed by atoms with Crippen LogP contribution >= 0.6 is 0 Å². The van der Waals surface area contributed by atoms with Gasteiger partial charge >= 0.3 is 0 Å². The van der Waals surface area contributed by atoms with E-state index in [9.17, 15) is 9.90 Å². The van der Waals surface area contributed by atoms with Gasteiger partial charge in [0, 0.05) is 19.3 Å². The largest absolute Gasteiger partial charge is 0.389 e. The molecule has 22 heavy (non-hydrogen) atoms. The summed E-state index contributed by atoms with van der Waals surface area (Å²) in [5.74, 6) is -0.0240. The van der Waals surface area contributed by atoms with E-state index in [4.69, 9.17) is 0 Å². The van der Waals surface area contributed by atoms with Crippen molar-refractivity contribution in [1.29, 1.82) is 0 Å². The quantitative estimate of drug-likeness (QED) is 0.792. The average Bonchev–Trinajstić information content (AvgIpc) is 2.69. The van der Waals surface area contributed by atoms with Crippen molar-refractivity contribution in [3.63, 3.8) is 0 Å². The van der Waals surface area contributed by atoms with E-state index in [1.807, 2.05) is 18.7 Å². The molecule has 1 aliphatic rings. The predicted octanol–water partition coefficient (Wildman–Crippen LogP) is 2.17. The van der Waals surface area contributed by atoms with Crippen molar-refractivity contribution in [2.75, 3.05) is 6.54 Å². The number of hydrogen-bond acceptors (Lipinski definition) is 3. The molecule has 1 amide bonds. The van der Waals surface area contributed by atoms with Gasteiger partial charge in [0.05, 0.1) is 17.7 Å². The van der Waals surface area contributed by atoms with E-state index in [1.165, 1.54) is 17.7 Å². The van der Waals surface area contributed by atoms with Gasteiger partial charge in [-0.1, -0.05) is 19.3 Å². The molecule has 0 aromatic carbocycles. The van der Waals surface area contributed by atoms with Crippen LogP contribution < -0.4 is 5.32 Å². The third-order valence-electron chi connectivity index (χ3n) is 4.86. The van der Waals surface area contributed by atoms with Crippen LogP contribution in [0.4, 0.5) is 0 Å². The van der Waals surface area contributed by atoms with Crippen molar-refractivity contribution in [2.24, 2.45) is 7.05 Å². The van der Waals surface area contributed by atoms with Gasteiger partial charge in [-0.3, -0.25) is 9.48 Å². The van der Waals surface area contributed by atoms with Crippen LogP contribution in [-0.4, -0.2) is 32.9 Å². The Morgan fingerprint density at radius 3 is 2.59 bits per heavy atom. The number of nitrogens with one attached hydrogen (secondary N) is 1. The summed E-state index contributed by atoms with van der Waals surface area (Å²) >= 11 is 0. The normalized spacial score (nSPS) is 17.5. The number of hydrogen-bond donors (Lipinski definition) is 2. The monoisotopic (exact) mass is 307 g/mol. The first-order valence-corrected chi connectivity index (χ1v) is 8.39. The number of carbonyl (C=O) groups is 1. The van der Waals surface area contributed by atoms with Crippen LogP contribution in [0.15, 0.2) is 0 Å². The first kappa shape index (κ1) is 17.0. The van der Waals surface area contributed by atoms with Gasteiger partial charge in [-0.25, -0.2) is 0 Å². The molecule has 1 aliphatic carbocycles. The van der Waals surface area contributed by atoms with Crippen molar-refractivity contribution < 1.29 is 9.90 Å². The number of aromatic nitrogens is 2. The molecule has 124 valence electrons. The van der Waals surface area contributed by atoms with Crippen LogP contribution in [0.2, 0.25) is 0 Å². The van der Waals surface area contributed by atoms with E-state index in [0.29, 0.717) is 6.54 Å². The first-order valence-electron chi connectivity index (χ1n) is 8.39. The minimum atomic E-state index is -0.765. The number of aliphatic hydroxyl groups is 1. The lowest BCUT2D eigenvalue weighted by molar-refractivity contribution is -0.127. The fourth-order valence-electron chi connectivity index (χ4n) is 3.42. The zero-order valence-electron chi connectivity index (χ0n) is 14.1. The van der Waals surface area contributed by atoms with Gasteiger partial charge in [0.15, 0.2) is 0 Å². The van der Waals surface area contributed by atoms with E-state index < -0.39 is 5.60 Å². The van der Waals surface area contributed by atoms with Crippen molar-refractivity contribution in [3.8, 4) is 0 Å². The molecule has 1 heterocycles. The smallest absolute Gasteiger partial charge is 0.222 e. The number of rotatable bonds is 6. The molecule has 5 heteroatoms. The second-order valence-corrected chi connectivity index (χ2v) is 6.69. The SMILES string of the molecule is Cc1nn(C)c(C)c1CCCNC(=O)CC1(O)CCCCC1. The number of nitrogens with zero attached hydrogens (tertiary/aromatic N) is 2. The molecular weight excluding hydrogens is 278 g/mol. The zero-order valence-corrected chi connectivity index (χ0v) is 14.1. The maximum absolute atomic E-state index is 12.0. The van der Waals surface area contributed by atoms with E-state index in [0.717, 1.165) is 44.2 Å². The molecule has 2 N–H and O–H groups in total. The Labute approximate surface area is 133 Å². The lowest BCUT2D eigenvalue weighted by atomic mass is 9.82. The van der Waals surface area contributed by atoms with Crippen LogP contribution in [0.5, 0.6) is 0 Å². The van der Waals surface area contributed by atoms with Gasteiger partial charge in [-0.15, -0.1) is 0 Å². The molecule has 0 bridgehead atoms. The maximum Gasteiger partial charge on any atom is 0.222 e. The molecule has 0 saturated heterocycles. The summed E-state index contributed by atoms with van der Waals surface area (Å²) in [6, 6.07) is 0. The molecule has 1 aromatic rings. The first-order chi connectivity index (χ1) is 10.4. The molecule has 1 fully saturated rings. The Kier molecular flexibility index (Phi) is 5.62. The lowest BCUT2D eigenvalue weighted by Gasteiger charge is -2.31.